The molecule has 10 heteroatoms. The number of rotatable bonds is 7. The normalized spacial score (nSPS) is 10.8. The highest BCUT2D eigenvalue weighted by atomic mass is 16.6. The van der Waals surface area contributed by atoms with E-state index in [0.29, 0.717) is 22.5 Å². The molecule has 2 heterocycles. The Balaban J connectivity index is 1.53. The van der Waals surface area contributed by atoms with Crippen LogP contribution in [0.15, 0.2) is 60.9 Å². The van der Waals surface area contributed by atoms with Crippen molar-refractivity contribution in [3.8, 4) is 17.1 Å². The molecule has 10 nitrogen and oxygen atoms in total. The smallest absolute Gasteiger partial charge is 0.337 e. The number of nitro benzene ring substituents is 1. The molecular weight excluding hydrogens is 438 g/mol. The van der Waals surface area contributed by atoms with Gasteiger partial charge in [-0.05, 0) is 56.3 Å². The molecule has 0 fully saturated rings. The molecule has 2 aromatic heterocycles. The SMILES string of the molecule is COC(=O)c1ccc(-n2c(C)cc(C(=O)Cn3cnc(-c4ccc([N+](=O)[O-])cc4)n3)c2C)cc1. The van der Waals surface area contributed by atoms with Crippen LogP contribution in [-0.4, -0.2) is 43.1 Å². The molecule has 2 aromatic carbocycles. The average molecular weight is 459 g/mol. The molecule has 0 amide bonds. The van der Waals surface area contributed by atoms with Gasteiger partial charge in [-0.1, -0.05) is 0 Å². The zero-order chi connectivity index (χ0) is 24.4. The predicted molar refractivity (Wildman–Crippen MR) is 123 cm³/mol. The van der Waals surface area contributed by atoms with E-state index in [1.807, 2.05) is 24.5 Å². The zero-order valence-corrected chi connectivity index (χ0v) is 18.8. The Bertz CT molecular complexity index is 1380. The molecule has 0 spiro atoms. The first-order valence-electron chi connectivity index (χ1n) is 10.3. The van der Waals surface area contributed by atoms with E-state index in [-0.39, 0.29) is 18.0 Å². The third-order valence-corrected chi connectivity index (χ3v) is 5.46. The fourth-order valence-electron chi connectivity index (χ4n) is 3.77. The number of non-ortho nitro benzene ring substituents is 1. The summed E-state index contributed by atoms with van der Waals surface area (Å²) in [6, 6.07) is 14.7. The second kappa shape index (κ2) is 9.10. The van der Waals surface area contributed by atoms with E-state index in [1.165, 1.54) is 30.3 Å². The summed E-state index contributed by atoms with van der Waals surface area (Å²) in [7, 11) is 1.33. The van der Waals surface area contributed by atoms with Crippen molar-refractivity contribution in [2.45, 2.75) is 20.4 Å². The minimum Gasteiger partial charge on any atom is -0.465 e. The van der Waals surface area contributed by atoms with Crippen LogP contribution in [0.1, 0.15) is 32.1 Å². The van der Waals surface area contributed by atoms with Crippen LogP contribution in [0.3, 0.4) is 0 Å². The molecule has 4 rings (SSSR count). The number of esters is 1. The summed E-state index contributed by atoms with van der Waals surface area (Å²) in [6.07, 6.45) is 1.46. The first-order valence-corrected chi connectivity index (χ1v) is 10.3. The Morgan fingerprint density at radius 3 is 2.35 bits per heavy atom. The lowest BCUT2D eigenvalue weighted by Gasteiger charge is -2.10. The van der Waals surface area contributed by atoms with Crippen molar-refractivity contribution in [3.63, 3.8) is 0 Å². The van der Waals surface area contributed by atoms with Crippen LogP contribution in [0.25, 0.3) is 17.1 Å². The van der Waals surface area contributed by atoms with Crippen LogP contribution in [0, 0.1) is 24.0 Å². The summed E-state index contributed by atoms with van der Waals surface area (Å²) in [5.74, 6) is -0.172. The molecule has 172 valence electrons. The van der Waals surface area contributed by atoms with Gasteiger partial charge in [0.1, 0.15) is 12.9 Å². The van der Waals surface area contributed by atoms with Crippen molar-refractivity contribution in [2.24, 2.45) is 0 Å². The molecule has 0 aliphatic heterocycles. The molecule has 0 aliphatic rings. The van der Waals surface area contributed by atoms with E-state index >= 15 is 0 Å². The number of methoxy groups -OCH3 is 1. The number of hydrogen-bond donors (Lipinski definition) is 0. The highest BCUT2D eigenvalue weighted by Crippen LogP contribution is 2.23. The Hall–Kier alpha value is -4.60. The molecule has 0 saturated heterocycles. The average Bonchev–Trinajstić information content (AvgIpc) is 3.42. The van der Waals surface area contributed by atoms with Gasteiger partial charge in [-0.25, -0.2) is 14.5 Å². The van der Waals surface area contributed by atoms with Gasteiger partial charge in [-0.15, -0.1) is 0 Å². The van der Waals surface area contributed by atoms with Crippen molar-refractivity contribution in [3.05, 3.63) is 93.6 Å². The summed E-state index contributed by atoms with van der Waals surface area (Å²) >= 11 is 0. The number of ether oxygens (including phenoxy) is 1. The maximum atomic E-state index is 13.0. The van der Waals surface area contributed by atoms with Gasteiger partial charge in [-0.2, -0.15) is 5.10 Å². The number of aryl methyl sites for hydroxylation is 1. The summed E-state index contributed by atoms with van der Waals surface area (Å²) in [5, 5.41) is 15.2. The molecule has 0 radical (unpaired) electrons. The summed E-state index contributed by atoms with van der Waals surface area (Å²) in [5.41, 5.74) is 4.06. The van der Waals surface area contributed by atoms with Crippen molar-refractivity contribution in [1.29, 1.82) is 0 Å². The van der Waals surface area contributed by atoms with E-state index in [1.54, 1.807) is 36.4 Å². The van der Waals surface area contributed by atoms with Crippen LogP contribution < -0.4 is 0 Å². The first-order chi connectivity index (χ1) is 16.3. The van der Waals surface area contributed by atoms with Crippen LogP contribution in [-0.2, 0) is 11.3 Å². The van der Waals surface area contributed by atoms with Crippen molar-refractivity contribution < 1.29 is 19.2 Å². The number of hydrogen-bond acceptors (Lipinski definition) is 7. The highest BCUT2D eigenvalue weighted by molar-refractivity contribution is 5.97. The lowest BCUT2D eigenvalue weighted by Crippen LogP contribution is -2.12. The molecule has 0 atom stereocenters. The Labute approximate surface area is 194 Å². The van der Waals surface area contributed by atoms with E-state index in [2.05, 4.69) is 10.1 Å². The fraction of sp³-hybridized carbons (Fsp3) is 0.167. The van der Waals surface area contributed by atoms with E-state index < -0.39 is 10.9 Å². The Kier molecular flexibility index (Phi) is 6.05. The predicted octanol–water partition coefficient (Wildman–Crippen LogP) is 3.93. The second-order valence-electron chi connectivity index (χ2n) is 7.65. The summed E-state index contributed by atoms with van der Waals surface area (Å²) in [4.78, 5) is 39.3. The topological polar surface area (TPSA) is 122 Å². The number of Topliss-reactive ketones (excluding diaryl/α,β-unsaturated/α-hetero) is 1. The van der Waals surface area contributed by atoms with E-state index in [4.69, 9.17) is 4.74 Å². The zero-order valence-electron chi connectivity index (χ0n) is 18.8. The van der Waals surface area contributed by atoms with Crippen LogP contribution in [0.5, 0.6) is 0 Å². The number of carbonyl (C=O) groups is 2. The highest BCUT2D eigenvalue weighted by Gasteiger charge is 2.18. The van der Waals surface area contributed by atoms with Gasteiger partial charge in [0.15, 0.2) is 11.6 Å². The first kappa shape index (κ1) is 22.6. The quantitative estimate of drug-likeness (QED) is 0.178. The molecule has 0 unspecified atom stereocenters. The Morgan fingerprint density at radius 1 is 1.06 bits per heavy atom. The molecule has 0 N–H and O–H groups in total. The molecule has 4 aromatic rings. The lowest BCUT2D eigenvalue weighted by molar-refractivity contribution is -0.384. The Morgan fingerprint density at radius 2 is 1.74 bits per heavy atom. The lowest BCUT2D eigenvalue weighted by atomic mass is 10.1. The third-order valence-electron chi connectivity index (χ3n) is 5.46. The number of nitro groups is 1. The van der Waals surface area contributed by atoms with Crippen LogP contribution in [0.4, 0.5) is 5.69 Å². The molecule has 0 aliphatic carbocycles. The number of carbonyl (C=O) groups excluding carboxylic acids is 2. The largest absolute Gasteiger partial charge is 0.465 e. The number of aromatic nitrogens is 4. The number of benzene rings is 2. The van der Waals surface area contributed by atoms with Gasteiger partial charge in [0, 0.05) is 40.3 Å². The van der Waals surface area contributed by atoms with Gasteiger partial charge in [0.2, 0.25) is 0 Å². The third kappa shape index (κ3) is 4.33. The maximum absolute atomic E-state index is 13.0. The van der Waals surface area contributed by atoms with E-state index in [0.717, 1.165) is 17.1 Å². The van der Waals surface area contributed by atoms with Crippen LogP contribution in [0.2, 0.25) is 0 Å². The van der Waals surface area contributed by atoms with Crippen molar-refractivity contribution >= 4 is 17.4 Å². The second-order valence-corrected chi connectivity index (χ2v) is 7.65. The number of nitrogens with zero attached hydrogens (tertiary/aromatic N) is 5. The standard InChI is InChI=1S/C24H21N5O5/c1-15-12-21(16(2)28(15)19-8-6-18(7-9-19)24(31)34-3)22(30)13-27-14-25-23(26-27)17-4-10-20(11-5-17)29(32)33/h4-12,14H,13H2,1-3H3. The molecule has 34 heavy (non-hydrogen) atoms. The minimum absolute atomic E-state index is 0.00838. The van der Waals surface area contributed by atoms with Gasteiger partial charge >= 0.3 is 5.97 Å². The van der Waals surface area contributed by atoms with Gasteiger partial charge < -0.3 is 9.30 Å². The summed E-state index contributed by atoms with van der Waals surface area (Å²) < 4.78 is 8.12. The maximum Gasteiger partial charge on any atom is 0.337 e. The number of ketones is 1. The molecular formula is C24H21N5O5. The van der Waals surface area contributed by atoms with Crippen LogP contribution >= 0.6 is 0 Å². The monoisotopic (exact) mass is 459 g/mol. The summed E-state index contributed by atoms with van der Waals surface area (Å²) in [6.45, 7) is 3.75. The molecule has 0 bridgehead atoms. The van der Waals surface area contributed by atoms with Crippen molar-refractivity contribution in [1.82, 2.24) is 19.3 Å². The van der Waals surface area contributed by atoms with E-state index in [9.17, 15) is 19.7 Å². The fourth-order valence-corrected chi connectivity index (χ4v) is 3.77. The van der Waals surface area contributed by atoms with Gasteiger partial charge in [0.25, 0.3) is 5.69 Å². The minimum atomic E-state index is -0.474. The van der Waals surface area contributed by atoms with Gasteiger partial charge in [0.05, 0.1) is 17.6 Å². The molecule has 0 saturated carbocycles. The van der Waals surface area contributed by atoms with Gasteiger partial charge in [-0.3, -0.25) is 14.9 Å². The van der Waals surface area contributed by atoms with Crippen molar-refractivity contribution in [2.75, 3.05) is 7.11 Å².